The second kappa shape index (κ2) is 10.9. The van der Waals surface area contributed by atoms with Gasteiger partial charge < -0.3 is 24.3 Å². The number of fused-ring (bicyclic) bond motifs is 1. The van der Waals surface area contributed by atoms with Gasteiger partial charge in [0, 0.05) is 23.9 Å². The molecule has 0 saturated carbocycles. The predicted molar refractivity (Wildman–Crippen MR) is 136 cm³/mol. The molecule has 0 fully saturated rings. The van der Waals surface area contributed by atoms with Crippen LogP contribution in [0.3, 0.4) is 0 Å². The number of para-hydroxylation sites is 2. The first kappa shape index (κ1) is 25.4. The summed E-state index contributed by atoms with van der Waals surface area (Å²) in [6.07, 6.45) is 2.56. The van der Waals surface area contributed by atoms with Gasteiger partial charge in [-0.25, -0.2) is 9.78 Å². The van der Waals surface area contributed by atoms with Gasteiger partial charge in [0.1, 0.15) is 17.0 Å². The zero-order valence-electron chi connectivity index (χ0n) is 20.8. The minimum absolute atomic E-state index is 0.0322. The summed E-state index contributed by atoms with van der Waals surface area (Å²) in [5.74, 6) is -1.19. The third-order valence-corrected chi connectivity index (χ3v) is 5.88. The molecule has 2 aromatic heterocycles. The third-order valence-electron chi connectivity index (χ3n) is 5.88. The molecule has 2 aromatic carbocycles. The van der Waals surface area contributed by atoms with Gasteiger partial charge in [-0.15, -0.1) is 0 Å². The minimum Gasteiger partial charge on any atom is -0.466 e. The van der Waals surface area contributed by atoms with Crippen molar-refractivity contribution in [2.45, 2.75) is 26.7 Å². The second-order valence-electron chi connectivity index (χ2n) is 8.32. The van der Waals surface area contributed by atoms with E-state index in [4.69, 9.17) is 15.2 Å². The number of ether oxygens (including phenoxy) is 3. The van der Waals surface area contributed by atoms with Gasteiger partial charge >= 0.3 is 5.97 Å². The lowest BCUT2D eigenvalue weighted by Gasteiger charge is -2.13. The van der Waals surface area contributed by atoms with Crippen LogP contribution in [0.5, 0.6) is 17.4 Å². The van der Waals surface area contributed by atoms with Gasteiger partial charge in [-0.2, -0.15) is 0 Å². The van der Waals surface area contributed by atoms with Crippen molar-refractivity contribution in [1.29, 1.82) is 0 Å². The van der Waals surface area contributed by atoms with E-state index in [1.165, 1.54) is 7.11 Å². The predicted octanol–water partition coefficient (Wildman–Crippen LogP) is 3.81. The molecule has 0 bridgehead atoms. The van der Waals surface area contributed by atoms with Gasteiger partial charge in [0.15, 0.2) is 6.61 Å². The summed E-state index contributed by atoms with van der Waals surface area (Å²) in [6, 6.07) is 17.0. The Balaban J connectivity index is 1.90. The Morgan fingerprint density at radius 3 is 2.41 bits per heavy atom. The quantitative estimate of drug-likeness (QED) is 0.199. The average molecular weight is 502 g/mol. The Kier molecular flexibility index (Phi) is 7.52. The van der Waals surface area contributed by atoms with Crippen molar-refractivity contribution in [1.82, 2.24) is 9.38 Å². The lowest BCUT2D eigenvalue weighted by Crippen LogP contribution is -2.24. The topological polar surface area (TPSA) is 122 Å². The summed E-state index contributed by atoms with van der Waals surface area (Å²) < 4.78 is 18.2. The average Bonchev–Trinajstić information content (AvgIpc) is 3.20. The van der Waals surface area contributed by atoms with E-state index in [9.17, 15) is 14.4 Å². The smallest absolute Gasteiger partial charge is 0.343 e. The molecule has 9 heteroatoms. The highest BCUT2D eigenvalue weighted by atomic mass is 16.6. The fraction of sp³-hybridized carbons (Fsp3) is 0.214. The van der Waals surface area contributed by atoms with Gasteiger partial charge in [0.05, 0.1) is 18.4 Å². The Hall–Kier alpha value is -4.66. The van der Waals surface area contributed by atoms with E-state index in [-0.39, 0.29) is 17.0 Å². The van der Waals surface area contributed by atoms with Crippen LogP contribution in [0.15, 0.2) is 60.8 Å². The molecule has 0 aliphatic heterocycles. The summed E-state index contributed by atoms with van der Waals surface area (Å²) in [7, 11) is 1.24. The molecule has 4 aromatic rings. The maximum Gasteiger partial charge on any atom is 0.343 e. The Morgan fingerprint density at radius 2 is 1.73 bits per heavy atom. The Bertz CT molecular complexity index is 1480. The zero-order chi connectivity index (χ0) is 26.5. The van der Waals surface area contributed by atoms with E-state index in [1.54, 1.807) is 17.5 Å². The molecule has 0 saturated heterocycles. The highest BCUT2D eigenvalue weighted by molar-refractivity contribution is 6.44. The SMILES string of the molecule is CCc1c(C(=O)C(N)=O)c2c(OCC(=O)OC)nc(C)cn2c1Cc1ccccc1Oc1ccccc1. The number of benzene rings is 2. The molecule has 0 aliphatic rings. The monoisotopic (exact) mass is 501 g/mol. The largest absolute Gasteiger partial charge is 0.466 e. The summed E-state index contributed by atoms with van der Waals surface area (Å²) in [5, 5.41) is 0. The number of aromatic nitrogens is 2. The number of carbonyl (C=O) groups is 3. The van der Waals surface area contributed by atoms with Crippen LogP contribution in [0.25, 0.3) is 5.52 Å². The number of Topliss-reactive ketones (excluding diaryl/α,β-unsaturated/α-hetero) is 1. The molecule has 0 atom stereocenters. The third kappa shape index (κ3) is 5.30. The van der Waals surface area contributed by atoms with Crippen LogP contribution in [0.2, 0.25) is 0 Å². The lowest BCUT2D eigenvalue weighted by molar-refractivity contribution is -0.143. The molecular weight excluding hydrogens is 474 g/mol. The van der Waals surface area contributed by atoms with Gasteiger partial charge in [-0.3, -0.25) is 9.59 Å². The fourth-order valence-electron chi connectivity index (χ4n) is 4.24. The maximum atomic E-state index is 13.1. The molecule has 0 aliphatic carbocycles. The van der Waals surface area contributed by atoms with Crippen molar-refractivity contribution < 1.29 is 28.6 Å². The van der Waals surface area contributed by atoms with E-state index < -0.39 is 24.3 Å². The number of aryl methyl sites for hydroxylation is 1. The minimum atomic E-state index is -1.10. The zero-order valence-corrected chi connectivity index (χ0v) is 20.8. The molecule has 0 spiro atoms. The molecule has 4 rings (SSSR count). The number of nitrogens with two attached hydrogens (primary N) is 1. The molecule has 1 amide bonds. The second-order valence-corrected chi connectivity index (χ2v) is 8.32. The van der Waals surface area contributed by atoms with E-state index in [0.29, 0.717) is 35.6 Å². The first-order chi connectivity index (χ1) is 17.8. The van der Waals surface area contributed by atoms with Crippen LogP contribution in [-0.4, -0.2) is 40.8 Å². The van der Waals surface area contributed by atoms with Gasteiger partial charge in [0.2, 0.25) is 5.88 Å². The summed E-state index contributed by atoms with van der Waals surface area (Å²) in [5.41, 5.74) is 8.64. The molecular formula is C28H27N3O6. The highest BCUT2D eigenvalue weighted by Crippen LogP contribution is 2.35. The van der Waals surface area contributed by atoms with Crippen LogP contribution in [-0.2, 0) is 27.2 Å². The van der Waals surface area contributed by atoms with Crippen LogP contribution in [0.4, 0.5) is 0 Å². The van der Waals surface area contributed by atoms with Crippen LogP contribution in [0, 0.1) is 6.92 Å². The van der Waals surface area contributed by atoms with E-state index in [1.807, 2.05) is 61.5 Å². The number of esters is 1. The van der Waals surface area contributed by atoms with Gasteiger partial charge in [-0.05, 0) is 37.1 Å². The molecule has 37 heavy (non-hydrogen) atoms. The Morgan fingerprint density at radius 1 is 1.03 bits per heavy atom. The number of hydrogen-bond acceptors (Lipinski definition) is 7. The first-order valence-corrected chi connectivity index (χ1v) is 11.7. The highest BCUT2D eigenvalue weighted by Gasteiger charge is 2.29. The number of primary amides is 1. The van der Waals surface area contributed by atoms with Crippen molar-refractivity contribution in [2.75, 3.05) is 13.7 Å². The van der Waals surface area contributed by atoms with Gasteiger partial charge in [-0.1, -0.05) is 43.3 Å². The Labute approximate surface area is 213 Å². The number of methoxy groups -OCH3 is 1. The standard InChI is InChI=1S/C28H27N3O6/c1-4-20-21(14-18-10-8-9-13-22(18)37-19-11-6-5-7-12-19)31-15-17(2)30-28(36-16-23(32)35-3)25(31)24(20)26(33)27(29)34/h5-13,15H,4,14,16H2,1-3H3,(H2,29,34). The van der Waals surface area contributed by atoms with E-state index >= 15 is 0 Å². The molecule has 9 nitrogen and oxygen atoms in total. The van der Waals surface area contributed by atoms with Crippen molar-refractivity contribution >= 4 is 23.2 Å². The molecule has 0 unspecified atom stereocenters. The van der Waals surface area contributed by atoms with E-state index in [0.717, 1.165) is 11.3 Å². The summed E-state index contributed by atoms with van der Waals surface area (Å²) in [4.78, 5) is 41.2. The van der Waals surface area contributed by atoms with Gasteiger partial charge in [0.25, 0.3) is 11.7 Å². The van der Waals surface area contributed by atoms with E-state index in [2.05, 4.69) is 9.72 Å². The van der Waals surface area contributed by atoms with Crippen molar-refractivity contribution in [3.63, 3.8) is 0 Å². The summed E-state index contributed by atoms with van der Waals surface area (Å²) >= 11 is 0. The maximum absolute atomic E-state index is 13.1. The first-order valence-electron chi connectivity index (χ1n) is 11.7. The molecule has 2 N–H and O–H groups in total. The number of amides is 1. The number of nitrogens with zero attached hydrogens (tertiary/aromatic N) is 2. The summed E-state index contributed by atoms with van der Waals surface area (Å²) in [6.45, 7) is 3.24. The molecule has 0 radical (unpaired) electrons. The van der Waals surface area contributed by atoms with Crippen molar-refractivity contribution in [3.05, 3.63) is 88.9 Å². The number of rotatable bonds is 10. The lowest BCUT2D eigenvalue weighted by atomic mass is 9.99. The van der Waals surface area contributed by atoms with Crippen LogP contribution < -0.4 is 15.2 Å². The molecule has 2 heterocycles. The van der Waals surface area contributed by atoms with Crippen LogP contribution >= 0.6 is 0 Å². The number of carbonyl (C=O) groups excluding carboxylic acids is 3. The molecule has 190 valence electrons. The fourth-order valence-corrected chi connectivity index (χ4v) is 4.24. The van der Waals surface area contributed by atoms with Crippen LogP contribution in [0.1, 0.15) is 39.8 Å². The van der Waals surface area contributed by atoms with Crippen molar-refractivity contribution in [2.24, 2.45) is 5.73 Å². The normalized spacial score (nSPS) is 10.8. The number of ketones is 1. The number of hydrogen-bond donors (Lipinski definition) is 1. The van der Waals surface area contributed by atoms with Crippen molar-refractivity contribution in [3.8, 4) is 17.4 Å².